The van der Waals surface area contributed by atoms with Crippen molar-refractivity contribution in [2.45, 2.75) is 37.9 Å². The fraction of sp³-hybridized carbons (Fsp3) is 0.318. The number of amides is 1. The third kappa shape index (κ3) is 5.70. The average molecular weight is 395 g/mol. The highest BCUT2D eigenvalue weighted by Gasteiger charge is 2.11. The number of thioether (sulfide) groups is 1. The molecule has 146 valence electrons. The SMILES string of the molecule is CC[C@@H](C)NC(=O)CSc1nc(NCCc2ccccc2)c2ccccc2n1. The molecular weight excluding hydrogens is 368 g/mol. The number of fused-ring (bicyclic) bond motifs is 1. The Labute approximate surface area is 170 Å². The molecule has 6 heteroatoms. The third-order valence-electron chi connectivity index (χ3n) is 4.48. The van der Waals surface area contributed by atoms with E-state index in [1.165, 1.54) is 17.3 Å². The second kappa shape index (κ2) is 10.1. The van der Waals surface area contributed by atoms with Gasteiger partial charge >= 0.3 is 0 Å². The van der Waals surface area contributed by atoms with Gasteiger partial charge in [0.05, 0.1) is 11.3 Å². The first-order valence-corrected chi connectivity index (χ1v) is 10.6. The van der Waals surface area contributed by atoms with E-state index in [1.807, 2.05) is 37.3 Å². The smallest absolute Gasteiger partial charge is 0.230 e. The van der Waals surface area contributed by atoms with Crippen LogP contribution in [0, 0.1) is 0 Å². The van der Waals surface area contributed by atoms with Gasteiger partial charge in [-0.25, -0.2) is 9.97 Å². The number of benzene rings is 2. The van der Waals surface area contributed by atoms with E-state index in [-0.39, 0.29) is 11.9 Å². The minimum atomic E-state index is 0.00898. The lowest BCUT2D eigenvalue weighted by Crippen LogP contribution is -2.33. The lowest BCUT2D eigenvalue weighted by molar-refractivity contribution is -0.119. The van der Waals surface area contributed by atoms with Crippen LogP contribution in [-0.2, 0) is 11.2 Å². The number of nitrogens with zero attached hydrogens (tertiary/aromatic N) is 2. The third-order valence-corrected chi connectivity index (χ3v) is 5.33. The predicted molar refractivity (Wildman–Crippen MR) is 117 cm³/mol. The maximum atomic E-state index is 12.1. The quantitative estimate of drug-likeness (QED) is 0.419. The molecule has 2 N–H and O–H groups in total. The molecule has 3 rings (SSSR count). The molecule has 0 radical (unpaired) electrons. The molecule has 1 amide bonds. The van der Waals surface area contributed by atoms with Crippen molar-refractivity contribution in [1.82, 2.24) is 15.3 Å². The first-order chi connectivity index (χ1) is 13.7. The first-order valence-electron chi connectivity index (χ1n) is 9.62. The number of carbonyl (C=O) groups excluding carboxylic acids is 1. The largest absolute Gasteiger partial charge is 0.369 e. The predicted octanol–water partition coefficient (Wildman–Crippen LogP) is 4.29. The molecule has 3 aromatic rings. The Morgan fingerprint density at radius 3 is 2.61 bits per heavy atom. The minimum absolute atomic E-state index is 0.00898. The molecule has 0 bridgehead atoms. The highest BCUT2D eigenvalue weighted by atomic mass is 32.2. The van der Waals surface area contributed by atoms with E-state index in [1.54, 1.807) is 0 Å². The van der Waals surface area contributed by atoms with Crippen molar-refractivity contribution in [2.24, 2.45) is 0 Å². The van der Waals surface area contributed by atoms with E-state index >= 15 is 0 Å². The van der Waals surface area contributed by atoms with Crippen LogP contribution in [0.5, 0.6) is 0 Å². The Hall–Kier alpha value is -2.60. The fourth-order valence-corrected chi connectivity index (χ4v) is 3.44. The summed E-state index contributed by atoms with van der Waals surface area (Å²) < 4.78 is 0. The van der Waals surface area contributed by atoms with Crippen LogP contribution in [0.25, 0.3) is 10.9 Å². The molecule has 0 saturated heterocycles. The monoisotopic (exact) mass is 394 g/mol. The van der Waals surface area contributed by atoms with Gasteiger partial charge in [0.2, 0.25) is 5.91 Å². The van der Waals surface area contributed by atoms with Gasteiger partial charge in [-0.2, -0.15) is 0 Å². The second-order valence-electron chi connectivity index (χ2n) is 6.70. The lowest BCUT2D eigenvalue weighted by atomic mass is 10.1. The number of anilines is 1. The summed E-state index contributed by atoms with van der Waals surface area (Å²) in [6.45, 7) is 4.84. The van der Waals surface area contributed by atoms with Crippen LogP contribution < -0.4 is 10.6 Å². The van der Waals surface area contributed by atoms with Gasteiger partial charge in [-0.3, -0.25) is 4.79 Å². The van der Waals surface area contributed by atoms with E-state index < -0.39 is 0 Å². The van der Waals surface area contributed by atoms with E-state index in [9.17, 15) is 4.79 Å². The van der Waals surface area contributed by atoms with Crippen LogP contribution in [0.1, 0.15) is 25.8 Å². The summed E-state index contributed by atoms with van der Waals surface area (Å²) in [4.78, 5) is 21.3. The Morgan fingerprint density at radius 2 is 1.82 bits per heavy atom. The number of aromatic nitrogens is 2. The Morgan fingerprint density at radius 1 is 1.07 bits per heavy atom. The molecule has 0 aliphatic carbocycles. The molecule has 0 fully saturated rings. The molecule has 1 aromatic heterocycles. The summed E-state index contributed by atoms with van der Waals surface area (Å²) in [5, 5.41) is 8.01. The molecule has 0 aliphatic heterocycles. The van der Waals surface area contributed by atoms with Gasteiger partial charge in [0.15, 0.2) is 5.16 Å². The minimum Gasteiger partial charge on any atom is -0.369 e. The fourth-order valence-electron chi connectivity index (χ4n) is 2.77. The van der Waals surface area contributed by atoms with Crippen molar-refractivity contribution in [3.8, 4) is 0 Å². The van der Waals surface area contributed by atoms with E-state index in [0.717, 1.165) is 36.1 Å². The highest BCUT2D eigenvalue weighted by Crippen LogP contribution is 2.24. The van der Waals surface area contributed by atoms with Gasteiger partial charge in [-0.05, 0) is 37.5 Å². The standard InChI is InChI=1S/C22H26N4OS/c1-3-16(2)24-20(27)15-28-22-25-19-12-8-7-11-18(19)21(26-22)23-14-13-17-9-5-4-6-10-17/h4-12,16H,3,13-15H2,1-2H3,(H,24,27)(H,23,25,26)/t16-/m1/s1. The Balaban J connectivity index is 1.69. The van der Waals surface area contributed by atoms with Crippen LogP contribution in [0.4, 0.5) is 5.82 Å². The van der Waals surface area contributed by atoms with Crippen molar-refractivity contribution in [3.63, 3.8) is 0 Å². The zero-order chi connectivity index (χ0) is 19.8. The van der Waals surface area contributed by atoms with E-state index in [4.69, 9.17) is 0 Å². The average Bonchev–Trinajstić information content (AvgIpc) is 2.73. The molecule has 0 saturated carbocycles. The molecule has 0 aliphatic rings. The number of nitrogens with one attached hydrogen (secondary N) is 2. The van der Waals surface area contributed by atoms with E-state index in [0.29, 0.717) is 10.9 Å². The van der Waals surface area contributed by atoms with E-state index in [2.05, 4.69) is 51.8 Å². The van der Waals surface area contributed by atoms with Gasteiger partial charge in [-0.15, -0.1) is 0 Å². The normalized spacial score (nSPS) is 11.9. The molecule has 0 unspecified atom stereocenters. The molecule has 1 atom stereocenters. The molecule has 28 heavy (non-hydrogen) atoms. The van der Waals surface area contributed by atoms with Crippen molar-refractivity contribution in [2.75, 3.05) is 17.6 Å². The summed E-state index contributed by atoms with van der Waals surface area (Å²) >= 11 is 1.37. The van der Waals surface area contributed by atoms with Crippen LogP contribution in [-0.4, -0.2) is 34.2 Å². The number of hydrogen-bond donors (Lipinski definition) is 2. The second-order valence-corrected chi connectivity index (χ2v) is 7.64. The van der Waals surface area contributed by atoms with Crippen LogP contribution >= 0.6 is 11.8 Å². The summed E-state index contributed by atoms with van der Waals surface area (Å²) in [5.74, 6) is 1.13. The number of rotatable bonds is 9. The maximum absolute atomic E-state index is 12.1. The van der Waals surface area contributed by atoms with Gasteiger partial charge in [0.25, 0.3) is 0 Å². The summed E-state index contributed by atoms with van der Waals surface area (Å²) in [6, 6.07) is 18.5. The van der Waals surface area contributed by atoms with Crippen molar-refractivity contribution in [3.05, 3.63) is 60.2 Å². The summed E-state index contributed by atoms with van der Waals surface area (Å²) in [6.07, 6.45) is 1.83. The molecule has 2 aromatic carbocycles. The Kier molecular flexibility index (Phi) is 7.25. The zero-order valence-electron chi connectivity index (χ0n) is 16.3. The number of hydrogen-bond acceptors (Lipinski definition) is 5. The topological polar surface area (TPSA) is 66.9 Å². The van der Waals surface area contributed by atoms with Gasteiger partial charge < -0.3 is 10.6 Å². The summed E-state index contributed by atoms with van der Waals surface area (Å²) in [5.41, 5.74) is 2.16. The number of para-hydroxylation sites is 1. The van der Waals surface area contributed by atoms with Crippen LogP contribution in [0.15, 0.2) is 59.8 Å². The first kappa shape index (κ1) is 20.1. The van der Waals surface area contributed by atoms with Crippen molar-refractivity contribution < 1.29 is 4.79 Å². The Bertz CT molecular complexity index is 917. The maximum Gasteiger partial charge on any atom is 0.230 e. The van der Waals surface area contributed by atoms with Crippen LogP contribution in [0.3, 0.4) is 0 Å². The summed E-state index contributed by atoms with van der Waals surface area (Å²) in [7, 11) is 0. The lowest BCUT2D eigenvalue weighted by Gasteiger charge is -2.12. The number of carbonyl (C=O) groups is 1. The van der Waals surface area contributed by atoms with Gasteiger partial charge in [0.1, 0.15) is 5.82 Å². The van der Waals surface area contributed by atoms with Crippen molar-refractivity contribution >= 4 is 34.4 Å². The van der Waals surface area contributed by atoms with Gasteiger partial charge in [-0.1, -0.05) is 61.2 Å². The highest BCUT2D eigenvalue weighted by molar-refractivity contribution is 7.99. The molecule has 0 spiro atoms. The molecule has 5 nitrogen and oxygen atoms in total. The van der Waals surface area contributed by atoms with Crippen molar-refractivity contribution in [1.29, 1.82) is 0 Å². The van der Waals surface area contributed by atoms with Crippen LogP contribution in [0.2, 0.25) is 0 Å². The van der Waals surface area contributed by atoms with Gasteiger partial charge in [0, 0.05) is 18.0 Å². The molecule has 1 heterocycles. The molecular formula is C22H26N4OS. The zero-order valence-corrected chi connectivity index (χ0v) is 17.1.